The summed E-state index contributed by atoms with van der Waals surface area (Å²) in [6.07, 6.45) is 2.95. The Labute approximate surface area is 118 Å². The molecule has 0 atom stereocenters. The lowest BCUT2D eigenvalue weighted by atomic mass is 10.2. The molecule has 0 fully saturated rings. The van der Waals surface area contributed by atoms with E-state index in [0.29, 0.717) is 13.1 Å². The van der Waals surface area contributed by atoms with Crippen LogP contribution in [0.4, 0.5) is 4.79 Å². The molecule has 0 aliphatic heterocycles. The van der Waals surface area contributed by atoms with Crippen LogP contribution in [0.3, 0.4) is 0 Å². The number of nitrogens with one attached hydrogen (secondary N) is 1. The third-order valence-corrected chi connectivity index (χ3v) is 3.31. The number of carbonyl (C=O) groups is 1. The first-order valence-electron chi connectivity index (χ1n) is 6.86. The van der Waals surface area contributed by atoms with E-state index in [1.807, 2.05) is 12.1 Å². The van der Waals surface area contributed by atoms with Gasteiger partial charge in [0.2, 0.25) is 0 Å². The molecule has 0 saturated heterocycles. The monoisotopic (exact) mass is 275 g/mol. The van der Waals surface area contributed by atoms with E-state index in [1.54, 1.807) is 7.05 Å². The van der Waals surface area contributed by atoms with E-state index in [0.717, 1.165) is 13.0 Å². The molecule has 2 N–H and O–H groups in total. The summed E-state index contributed by atoms with van der Waals surface area (Å²) in [7, 11) is 1.67. The molecular weight excluding hydrogens is 254 g/mol. The Kier molecular flexibility index (Phi) is 5.01. The van der Waals surface area contributed by atoms with Crippen molar-refractivity contribution in [3.8, 4) is 0 Å². The van der Waals surface area contributed by atoms with Crippen LogP contribution in [0.1, 0.15) is 6.42 Å². The maximum Gasteiger partial charge on any atom is 0.317 e. The maximum atomic E-state index is 11.6. The van der Waals surface area contributed by atoms with Crippen LogP contribution in [0, 0.1) is 0 Å². The Morgan fingerprint density at radius 2 is 2.15 bits per heavy atom. The fourth-order valence-electron chi connectivity index (χ4n) is 2.17. The van der Waals surface area contributed by atoms with Crippen molar-refractivity contribution < 1.29 is 9.90 Å². The van der Waals surface area contributed by atoms with E-state index in [2.05, 4.69) is 34.3 Å². The van der Waals surface area contributed by atoms with Gasteiger partial charge >= 0.3 is 6.03 Å². The van der Waals surface area contributed by atoms with E-state index < -0.39 is 0 Å². The zero-order chi connectivity index (χ0) is 14.4. The van der Waals surface area contributed by atoms with Gasteiger partial charge in [0.1, 0.15) is 0 Å². The lowest BCUT2D eigenvalue weighted by molar-refractivity contribution is 0.190. The highest BCUT2D eigenvalue weighted by molar-refractivity contribution is 5.79. The molecule has 0 aliphatic rings. The molecule has 0 radical (unpaired) electrons. The van der Waals surface area contributed by atoms with E-state index >= 15 is 0 Å². The fourth-order valence-corrected chi connectivity index (χ4v) is 2.17. The highest BCUT2D eigenvalue weighted by atomic mass is 16.3. The van der Waals surface area contributed by atoms with Crippen molar-refractivity contribution in [1.29, 1.82) is 0 Å². The van der Waals surface area contributed by atoms with Crippen molar-refractivity contribution in [3.05, 3.63) is 36.5 Å². The van der Waals surface area contributed by atoms with Crippen LogP contribution in [-0.2, 0) is 6.54 Å². The van der Waals surface area contributed by atoms with Crippen molar-refractivity contribution in [2.45, 2.75) is 13.0 Å². The van der Waals surface area contributed by atoms with Gasteiger partial charge in [-0.1, -0.05) is 18.2 Å². The number of benzene rings is 1. The summed E-state index contributed by atoms with van der Waals surface area (Å²) in [5.41, 5.74) is 1.22. The molecule has 1 aromatic carbocycles. The number of aromatic nitrogens is 1. The minimum Gasteiger partial charge on any atom is -0.395 e. The molecule has 5 nitrogen and oxygen atoms in total. The molecule has 0 spiro atoms. The van der Waals surface area contributed by atoms with Gasteiger partial charge in [-0.2, -0.15) is 0 Å². The van der Waals surface area contributed by atoms with E-state index in [1.165, 1.54) is 15.8 Å². The molecule has 108 valence electrons. The van der Waals surface area contributed by atoms with Gasteiger partial charge in [0.25, 0.3) is 0 Å². The number of para-hydroxylation sites is 1. The molecule has 2 amide bonds. The molecule has 1 heterocycles. The number of carbonyl (C=O) groups excluding carboxylic acids is 1. The molecule has 0 saturated carbocycles. The SMILES string of the molecule is CN(CCO)C(=O)NCCCn1ccc2ccccc21. The number of fused-ring (bicyclic) bond motifs is 1. The zero-order valence-electron chi connectivity index (χ0n) is 11.7. The number of rotatable bonds is 6. The van der Waals surface area contributed by atoms with Gasteiger partial charge in [-0.25, -0.2) is 4.79 Å². The smallest absolute Gasteiger partial charge is 0.317 e. The van der Waals surface area contributed by atoms with Gasteiger partial charge in [-0.15, -0.1) is 0 Å². The Morgan fingerprint density at radius 1 is 1.35 bits per heavy atom. The van der Waals surface area contributed by atoms with Crippen molar-refractivity contribution in [1.82, 2.24) is 14.8 Å². The summed E-state index contributed by atoms with van der Waals surface area (Å²) in [6.45, 7) is 1.84. The van der Waals surface area contributed by atoms with Gasteiger partial charge in [0.15, 0.2) is 0 Å². The molecule has 2 aromatic rings. The summed E-state index contributed by atoms with van der Waals surface area (Å²) in [5, 5.41) is 12.8. The van der Waals surface area contributed by atoms with E-state index in [4.69, 9.17) is 5.11 Å². The Morgan fingerprint density at radius 3 is 2.95 bits per heavy atom. The van der Waals surface area contributed by atoms with Gasteiger partial charge < -0.3 is 19.9 Å². The first-order chi connectivity index (χ1) is 9.72. The number of amides is 2. The minimum atomic E-state index is -0.142. The number of urea groups is 1. The first-order valence-corrected chi connectivity index (χ1v) is 6.86. The Bertz CT molecular complexity index is 565. The number of aliphatic hydroxyl groups excluding tert-OH is 1. The second kappa shape index (κ2) is 6.96. The third-order valence-electron chi connectivity index (χ3n) is 3.31. The zero-order valence-corrected chi connectivity index (χ0v) is 11.7. The second-order valence-corrected chi connectivity index (χ2v) is 4.80. The number of aliphatic hydroxyl groups is 1. The lowest BCUT2D eigenvalue weighted by Crippen LogP contribution is -2.39. The standard InChI is InChI=1S/C15H21N3O2/c1-17(11-12-19)15(20)16-8-4-9-18-10-7-13-5-2-3-6-14(13)18/h2-3,5-7,10,19H,4,8-9,11-12H2,1H3,(H,16,20). The average molecular weight is 275 g/mol. The van der Waals surface area contributed by atoms with Crippen LogP contribution in [-0.4, -0.2) is 47.3 Å². The number of nitrogens with zero attached hydrogens (tertiary/aromatic N) is 2. The predicted octanol–water partition coefficient (Wildman–Crippen LogP) is 1.67. The van der Waals surface area contributed by atoms with Gasteiger partial charge in [-0.05, 0) is 23.9 Å². The second-order valence-electron chi connectivity index (χ2n) is 4.80. The predicted molar refractivity (Wildman–Crippen MR) is 79.7 cm³/mol. The quantitative estimate of drug-likeness (QED) is 0.788. The van der Waals surface area contributed by atoms with Gasteiger partial charge in [-0.3, -0.25) is 0 Å². The van der Waals surface area contributed by atoms with Crippen LogP contribution in [0.2, 0.25) is 0 Å². The van der Waals surface area contributed by atoms with Crippen LogP contribution >= 0.6 is 0 Å². The van der Waals surface area contributed by atoms with Crippen molar-refractivity contribution >= 4 is 16.9 Å². The number of aryl methyl sites for hydroxylation is 1. The molecule has 0 aliphatic carbocycles. The summed E-state index contributed by atoms with van der Waals surface area (Å²) in [5.74, 6) is 0. The largest absolute Gasteiger partial charge is 0.395 e. The first kappa shape index (κ1) is 14.4. The highest BCUT2D eigenvalue weighted by Gasteiger charge is 2.06. The normalized spacial score (nSPS) is 10.7. The van der Waals surface area contributed by atoms with Crippen LogP contribution in [0.5, 0.6) is 0 Å². The van der Waals surface area contributed by atoms with Crippen LogP contribution < -0.4 is 5.32 Å². The number of hydrogen-bond acceptors (Lipinski definition) is 2. The number of hydrogen-bond donors (Lipinski definition) is 2. The average Bonchev–Trinajstić information content (AvgIpc) is 2.87. The fraction of sp³-hybridized carbons (Fsp3) is 0.400. The van der Waals surface area contributed by atoms with Crippen molar-refractivity contribution in [2.75, 3.05) is 26.7 Å². The number of likely N-dealkylation sites (N-methyl/N-ethyl adjacent to an activating group) is 1. The lowest BCUT2D eigenvalue weighted by Gasteiger charge is -2.16. The molecule has 0 unspecified atom stereocenters. The topological polar surface area (TPSA) is 57.5 Å². The Balaban J connectivity index is 1.77. The summed E-state index contributed by atoms with van der Waals surface area (Å²) in [4.78, 5) is 13.1. The summed E-state index contributed by atoms with van der Waals surface area (Å²) >= 11 is 0. The molecule has 0 bridgehead atoms. The van der Waals surface area contributed by atoms with Crippen molar-refractivity contribution in [3.63, 3.8) is 0 Å². The van der Waals surface area contributed by atoms with Crippen molar-refractivity contribution in [2.24, 2.45) is 0 Å². The van der Waals surface area contributed by atoms with E-state index in [-0.39, 0.29) is 12.6 Å². The summed E-state index contributed by atoms with van der Waals surface area (Å²) < 4.78 is 2.19. The third kappa shape index (κ3) is 3.51. The highest BCUT2D eigenvalue weighted by Crippen LogP contribution is 2.15. The molecule has 20 heavy (non-hydrogen) atoms. The maximum absolute atomic E-state index is 11.6. The molecule has 1 aromatic heterocycles. The van der Waals surface area contributed by atoms with Gasteiger partial charge in [0.05, 0.1) is 6.61 Å². The minimum absolute atomic E-state index is 0.0146. The molecule has 2 rings (SSSR count). The van der Waals surface area contributed by atoms with Crippen LogP contribution in [0.15, 0.2) is 36.5 Å². The Hall–Kier alpha value is -2.01. The summed E-state index contributed by atoms with van der Waals surface area (Å²) in [6, 6.07) is 10.2. The molecule has 5 heteroatoms. The van der Waals surface area contributed by atoms with E-state index in [9.17, 15) is 4.79 Å². The van der Waals surface area contributed by atoms with Crippen LogP contribution in [0.25, 0.3) is 10.9 Å². The van der Waals surface area contributed by atoms with Gasteiger partial charge in [0, 0.05) is 38.4 Å². The molecular formula is C15H21N3O2.